The molecule has 1 atom stereocenters. The molecule has 0 radical (unpaired) electrons. The molecule has 1 aliphatic heterocycles. The van der Waals surface area contributed by atoms with E-state index >= 15 is 0 Å². The molecule has 0 bridgehead atoms. The summed E-state index contributed by atoms with van der Waals surface area (Å²) in [6, 6.07) is 18.9. The molecule has 1 fully saturated rings. The van der Waals surface area contributed by atoms with Crippen molar-refractivity contribution < 1.29 is 24.2 Å². The molecule has 0 saturated carbocycles. The van der Waals surface area contributed by atoms with Crippen molar-refractivity contribution in [2.24, 2.45) is 0 Å². The van der Waals surface area contributed by atoms with E-state index in [1.54, 1.807) is 30.3 Å². The van der Waals surface area contributed by atoms with Crippen LogP contribution in [0.2, 0.25) is 0 Å². The fourth-order valence-corrected chi connectivity index (χ4v) is 4.22. The average molecular weight is 443 g/mol. The molecule has 4 rings (SSSR count). The maximum Gasteiger partial charge on any atom is 0.300 e. The van der Waals surface area contributed by atoms with E-state index in [0.29, 0.717) is 28.3 Å². The minimum atomic E-state index is -0.881. The molecule has 1 heterocycles. The number of methoxy groups -OCH3 is 2. The first-order chi connectivity index (χ1) is 15.9. The summed E-state index contributed by atoms with van der Waals surface area (Å²) in [5, 5.41) is 11.4. The molecule has 1 N–H and O–H groups in total. The quantitative estimate of drug-likeness (QED) is 0.343. The number of Topliss-reactive ketones (excluding diaryl/α,β-unsaturated/α-hetero) is 1. The number of aliphatic hydroxyl groups is 1. The molecule has 1 saturated heterocycles. The number of ketones is 1. The summed E-state index contributed by atoms with van der Waals surface area (Å²) >= 11 is 0. The van der Waals surface area contributed by atoms with Crippen LogP contribution in [0.3, 0.4) is 0 Å². The third kappa shape index (κ3) is 3.84. The number of carbonyl (C=O) groups is 2. The highest BCUT2D eigenvalue weighted by molar-refractivity contribution is 6.51. The summed E-state index contributed by atoms with van der Waals surface area (Å²) in [7, 11) is 3.02. The lowest BCUT2D eigenvalue weighted by Crippen LogP contribution is -2.29. The molecule has 0 spiro atoms. The van der Waals surface area contributed by atoms with Gasteiger partial charge in [-0.1, -0.05) is 42.0 Å². The topological polar surface area (TPSA) is 76.1 Å². The molecule has 1 aliphatic rings. The van der Waals surface area contributed by atoms with Crippen LogP contribution in [0.15, 0.2) is 72.3 Å². The van der Waals surface area contributed by atoms with Gasteiger partial charge in [0.05, 0.1) is 31.4 Å². The van der Waals surface area contributed by atoms with Gasteiger partial charge in [-0.25, -0.2) is 0 Å². The Morgan fingerprint density at radius 2 is 1.55 bits per heavy atom. The van der Waals surface area contributed by atoms with Gasteiger partial charge in [0, 0.05) is 11.3 Å². The van der Waals surface area contributed by atoms with Crippen LogP contribution in [0.25, 0.3) is 5.76 Å². The number of nitrogens with zero attached hydrogens (tertiary/aromatic N) is 1. The second-order valence-corrected chi connectivity index (χ2v) is 7.95. The van der Waals surface area contributed by atoms with Gasteiger partial charge in [0.25, 0.3) is 11.7 Å². The van der Waals surface area contributed by atoms with E-state index in [2.05, 4.69) is 0 Å². The number of anilines is 1. The fourth-order valence-electron chi connectivity index (χ4n) is 4.22. The van der Waals surface area contributed by atoms with Gasteiger partial charge in [0.1, 0.15) is 17.3 Å². The van der Waals surface area contributed by atoms with Gasteiger partial charge in [-0.2, -0.15) is 0 Å². The Bertz CT molecular complexity index is 1280. The van der Waals surface area contributed by atoms with Gasteiger partial charge >= 0.3 is 0 Å². The number of para-hydroxylation sites is 1. The van der Waals surface area contributed by atoms with Crippen molar-refractivity contribution >= 4 is 23.1 Å². The summed E-state index contributed by atoms with van der Waals surface area (Å²) in [6.45, 7) is 3.79. The number of amides is 1. The predicted molar refractivity (Wildman–Crippen MR) is 127 cm³/mol. The second-order valence-electron chi connectivity index (χ2n) is 7.95. The van der Waals surface area contributed by atoms with Crippen molar-refractivity contribution in [1.82, 2.24) is 0 Å². The van der Waals surface area contributed by atoms with Gasteiger partial charge in [-0.05, 0) is 49.7 Å². The van der Waals surface area contributed by atoms with Gasteiger partial charge < -0.3 is 14.6 Å². The van der Waals surface area contributed by atoms with E-state index < -0.39 is 17.7 Å². The molecule has 6 heteroatoms. The number of aryl methyl sites for hydroxylation is 2. The number of carbonyl (C=O) groups excluding carboxylic acids is 2. The zero-order valence-electron chi connectivity index (χ0n) is 19.0. The Balaban J connectivity index is 2.03. The second kappa shape index (κ2) is 8.82. The van der Waals surface area contributed by atoms with Crippen LogP contribution in [0.1, 0.15) is 28.3 Å². The largest absolute Gasteiger partial charge is 0.507 e. The minimum absolute atomic E-state index is 0.0186. The molecule has 1 unspecified atom stereocenters. The first-order valence-corrected chi connectivity index (χ1v) is 10.5. The average Bonchev–Trinajstić information content (AvgIpc) is 3.08. The molecule has 3 aromatic rings. The first kappa shape index (κ1) is 22.1. The lowest BCUT2D eigenvalue weighted by atomic mass is 9.93. The fraction of sp³-hybridized carbons (Fsp3) is 0.185. The van der Waals surface area contributed by atoms with Crippen LogP contribution >= 0.6 is 0 Å². The van der Waals surface area contributed by atoms with E-state index in [1.165, 1.54) is 19.1 Å². The third-order valence-electron chi connectivity index (χ3n) is 5.77. The highest BCUT2D eigenvalue weighted by Gasteiger charge is 2.48. The molecule has 0 aliphatic carbocycles. The summed E-state index contributed by atoms with van der Waals surface area (Å²) in [4.78, 5) is 28.1. The molecule has 168 valence electrons. The molecule has 33 heavy (non-hydrogen) atoms. The van der Waals surface area contributed by atoms with Crippen molar-refractivity contribution in [3.63, 3.8) is 0 Å². The van der Waals surface area contributed by atoms with Crippen LogP contribution in [0, 0.1) is 13.8 Å². The first-order valence-electron chi connectivity index (χ1n) is 10.5. The Morgan fingerprint density at radius 1 is 0.848 bits per heavy atom. The Labute approximate surface area is 192 Å². The molecule has 0 aromatic heterocycles. The molecule has 6 nitrogen and oxygen atoms in total. The standard InChI is InChI=1S/C27H25NO5/c1-16-8-7-9-18(14-16)28-24(19-10-5-6-11-21(19)32-3)23(26(30)27(28)31)25(29)20-15-17(2)12-13-22(20)33-4/h5-15,24,29H,1-4H3/b25-23+. The monoisotopic (exact) mass is 443 g/mol. The highest BCUT2D eigenvalue weighted by atomic mass is 16.5. The van der Waals surface area contributed by atoms with E-state index in [0.717, 1.165) is 11.1 Å². The van der Waals surface area contributed by atoms with Crippen molar-refractivity contribution in [2.75, 3.05) is 19.1 Å². The van der Waals surface area contributed by atoms with Crippen LogP contribution in [0.4, 0.5) is 5.69 Å². The number of hydrogen-bond donors (Lipinski definition) is 1. The molecular weight excluding hydrogens is 418 g/mol. The zero-order valence-corrected chi connectivity index (χ0v) is 19.0. The minimum Gasteiger partial charge on any atom is -0.507 e. The van der Waals surface area contributed by atoms with E-state index in [1.807, 2.05) is 50.2 Å². The number of hydrogen-bond acceptors (Lipinski definition) is 5. The van der Waals surface area contributed by atoms with Crippen molar-refractivity contribution in [3.8, 4) is 11.5 Å². The number of ether oxygens (including phenoxy) is 2. The smallest absolute Gasteiger partial charge is 0.300 e. The van der Waals surface area contributed by atoms with Crippen LogP contribution in [-0.2, 0) is 9.59 Å². The number of rotatable bonds is 5. The van der Waals surface area contributed by atoms with Crippen LogP contribution in [-0.4, -0.2) is 31.0 Å². The maximum atomic E-state index is 13.4. The summed E-state index contributed by atoms with van der Waals surface area (Å²) in [6.07, 6.45) is 0. The lowest BCUT2D eigenvalue weighted by molar-refractivity contribution is -0.132. The third-order valence-corrected chi connectivity index (χ3v) is 5.77. The Morgan fingerprint density at radius 3 is 2.24 bits per heavy atom. The SMILES string of the molecule is COc1ccc(C)cc1/C(O)=C1\C(=O)C(=O)N(c2cccc(C)c2)C1c1ccccc1OC. The van der Waals surface area contributed by atoms with Gasteiger partial charge in [0.15, 0.2) is 0 Å². The summed E-state index contributed by atoms with van der Waals surface area (Å²) < 4.78 is 11.0. The molecule has 1 amide bonds. The van der Waals surface area contributed by atoms with Crippen LogP contribution < -0.4 is 14.4 Å². The van der Waals surface area contributed by atoms with Crippen molar-refractivity contribution in [2.45, 2.75) is 19.9 Å². The van der Waals surface area contributed by atoms with Gasteiger partial charge in [-0.3, -0.25) is 14.5 Å². The zero-order chi connectivity index (χ0) is 23.7. The molecular formula is C27H25NO5. The lowest BCUT2D eigenvalue weighted by Gasteiger charge is -2.27. The van der Waals surface area contributed by atoms with E-state index in [-0.39, 0.29) is 11.3 Å². The number of aliphatic hydroxyl groups excluding tert-OH is 1. The van der Waals surface area contributed by atoms with Gasteiger partial charge in [0.2, 0.25) is 0 Å². The van der Waals surface area contributed by atoms with E-state index in [4.69, 9.17) is 9.47 Å². The normalized spacial score (nSPS) is 17.3. The molecule has 3 aromatic carbocycles. The summed E-state index contributed by atoms with van der Waals surface area (Å²) in [5.41, 5.74) is 3.29. The van der Waals surface area contributed by atoms with Crippen LogP contribution in [0.5, 0.6) is 11.5 Å². The van der Waals surface area contributed by atoms with Crippen molar-refractivity contribution in [3.05, 3.63) is 94.6 Å². The van der Waals surface area contributed by atoms with Crippen molar-refractivity contribution in [1.29, 1.82) is 0 Å². The number of benzene rings is 3. The predicted octanol–water partition coefficient (Wildman–Crippen LogP) is 4.95. The Kier molecular flexibility index (Phi) is 5.92. The Hall–Kier alpha value is -4.06. The van der Waals surface area contributed by atoms with E-state index in [9.17, 15) is 14.7 Å². The maximum absolute atomic E-state index is 13.4. The summed E-state index contributed by atoms with van der Waals surface area (Å²) in [5.74, 6) is -0.874. The highest BCUT2D eigenvalue weighted by Crippen LogP contribution is 2.45. The van der Waals surface area contributed by atoms with Gasteiger partial charge in [-0.15, -0.1) is 0 Å².